The molecule has 1 aromatic heterocycles. The highest BCUT2D eigenvalue weighted by Crippen LogP contribution is 2.31. The SMILES string of the molecule is COc1ccc(-n2c(SCC(=O)NN=Cc3ccc(OC)c(OC)c3)nnc2-c2ccc(C(C)(C)C)cc2)cc1. The Kier molecular flexibility index (Phi) is 9.11. The zero-order valence-electron chi connectivity index (χ0n) is 23.5. The Morgan fingerprint density at radius 1 is 0.925 bits per heavy atom. The van der Waals surface area contributed by atoms with E-state index in [1.165, 1.54) is 17.3 Å². The fourth-order valence-corrected chi connectivity index (χ4v) is 4.65. The van der Waals surface area contributed by atoms with Crippen LogP contribution >= 0.6 is 11.8 Å². The number of aromatic nitrogens is 3. The van der Waals surface area contributed by atoms with Crippen molar-refractivity contribution in [3.8, 4) is 34.3 Å². The molecule has 0 atom stereocenters. The lowest BCUT2D eigenvalue weighted by atomic mass is 9.87. The zero-order valence-corrected chi connectivity index (χ0v) is 24.3. The number of methoxy groups -OCH3 is 3. The summed E-state index contributed by atoms with van der Waals surface area (Å²) in [7, 11) is 4.77. The molecule has 40 heavy (non-hydrogen) atoms. The number of carbonyl (C=O) groups excluding carboxylic acids is 1. The van der Waals surface area contributed by atoms with E-state index in [1.807, 2.05) is 34.9 Å². The van der Waals surface area contributed by atoms with Crippen LogP contribution in [0.1, 0.15) is 31.9 Å². The Hall–Kier alpha value is -4.31. The van der Waals surface area contributed by atoms with Crippen LogP contribution in [0.5, 0.6) is 17.2 Å². The number of hydrazone groups is 1. The molecule has 0 aliphatic heterocycles. The molecule has 0 fully saturated rings. The Bertz CT molecular complexity index is 1480. The first kappa shape index (κ1) is 28.7. The second-order valence-corrected chi connectivity index (χ2v) is 10.8. The molecule has 0 radical (unpaired) electrons. The molecule has 4 aromatic rings. The van der Waals surface area contributed by atoms with Crippen LogP contribution in [0, 0.1) is 0 Å². The van der Waals surface area contributed by atoms with E-state index in [1.54, 1.807) is 39.7 Å². The highest BCUT2D eigenvalue weighted by atomic mass is 32.2. The molecule has 0 bridgehead atoms. The topological polar surface area (TPSA) is 99.9 Å². The fraction of sp³-hybridized carbons (Fsp3) is 0.267. The van der Waals surface area contributed by atoms with Crippen LogP contribution in [0.25, 0.3) is 17.1 Å². The summed E-state index contributed by atoms with van der Waals surface area (Å²) in [6, 6.07) is 21.3. The van der Waals surface area contributed by atoms with Gasteiger partial charge in [0, 0.05) is 11.3 Å². The van der Waals surface area contributed by atoms with Crippen molar-refractivity contribution in [2.24, 2.45) is 5.10 Å². The molecule has 0 unspecified atom stereocenters. The van der Waals surface area contributed by atoms with Gasteiger partial charge in [0.2, 0.25) is 0 Å². The van der Waals surface area contributed by atoms with Crippen LogP contribution in [0.2, 0.25) is 0 Å². The van der Waals surface area contributed by atoms with Gasteiger partial charge in [-0.25, -0.2) is 5.43 Å². The first-order valence-electron chi connectivity index (χ1n) is 12.6. The number of benzene rings is 3. The zero-order chi connectivity index (χ0) is 28.7. The summed E-state index contributed by atoms with van der Waals surface area (Å²) in [5.41, 5.74) is 6.37. The van der Waals surface area contributed by atoms with Gasteiger partial charge in [0.05, 0.1) is 33.3 Å². The van der Waals surface area contributed by atoms with Crippen LogP contribution in [0.15, 0.2) is 77.0 Å². The number of thioether (sulfide) groups is 1. The van der Waals surface area contributed by atoms with Crippen molar-refractivity contribution in [1.82, 2.24) is 20.2 Å². The van der Waals surface area contributed by atoms with Crippen molar-refractivity contribution >= 4 is 23.9 Å². The van der Waals surface area contributed by atoms with E-state index in [-0.39, 0.29) is 17.1 Å². The molecule has 0 aliphatic rings. The Balaban J connectivity index is 1.52. The first-order chi connectivity index (χ1) is 19.2. The summed E-state index contributed by atoms with van der Waals surface area (Å²) < 4.78 is 17.8. The van der Waals surface area contributed by atoms with E-state index in [0.29, 0.717) is 22.5 Å². The smallest absolute Gasteiger partial charge is 0.250 e. The van der Waals surface area contributed by atoms with Gasteiger partial charge in [-0.15, -0.1) is 10.2 Å². The van der Waals surface area contributed by atoms with Gasteiger partial charge in [-0.1, -0.05) is 56.8 Å². The third kappa shape index (κ3) is 6.81. The number of nitrogens with zero attached hydrogens (tertiary/aromatic N) is 4. The molecular weight excluding hydrogens is 526 g/mol. The molecule has 0 saturated heterocycles. The summed E-state index contributed by atoms with van der Waals surface area (Å²) in [5, 5.41) is 13.6. The highest BCUT2D eigenvalue weighted by molar-refractivity contribution is 7.99. The molecule has 3 aromatic carbocycles. The Morgan fingerprint density at radius 3 is 2.25 bits per heavy atom. The molecule has 4 rings (SSSR count). The highest BCUT2D eigenvalue weighted by Gasteiger charge is 2.19. The number of ether oxygens (including phenoxy) is 3. The van der Waals surface area contributed by atoms with Crippen LogP contribution in [0.4, 0.5) is 0 Å². The van der Waals surface area contributed by atoms with Crippen molar-refractivity contribution in [3.05, 3.63) is 77.9 Å². The molecular formula is C30H33N5O4S. The number of hydrogen-bond acceptors (Lipinski definition) is 8. The number of rotatable bonds is 10. The van der Waals surface area contributed by atoms with E-state index in [2.05, 4.69) is 65.8 Å². The van der Waals surface area contributed by atoms with Crippen LogP contribution in [0.3, 0.4) is 0 Å². The largest absolute Gasteiger partial charge is 0.497 e. The van der Waals surface area contributed by atoms with E-state index >= 15 is 0 Å². The number of amides is 1. The normalized spacial score (nSPS) is 11.4. The second-order valence-electron chi connectivity index (χ2n) is 9.86. The van der Waals surface area contributed by atoms with Gasteiger partial charge < -0.3 is 14.2 Å². The maximum atomic E-state index is 12.6. The van der Waals surface area contributed by atoms with E-state index in [9.17, 15) is 4.79 Å². The Labute approximate surface area is 238 Å². The van der Waals surface area contributed by atoms with Gasteiger partial charge >= 0.3 is 0 Å². The first-order valence-corrected chi connectivity index (χ1v) is 13.6. The lowest BCUT2D eigenvalue weighted by Crippen LogP contribution is -2.20. The van der Waals surface area contributed by atoms with Gasteiger partial charge in [0.1, 0.15) is 5.75 Å². The summed E-state index contributed by atoms with van der Waals surface area (Å²) in [6.45, 7) is 6.54. The van der Waals surface area contributed by atoms with Gasteiger partial charge in [-0.3, -0.25) is 9.36 Å². The minimum atomic E-state index is -0.276. The molecule has 1 amide bonds. The molecule has 10 heteroatoms. The van der Waals surface area contributed by atoms with Crippen LogP contribution < -0.4 is 19.6 Å². The summed E-state index contributed by atoms with van der Waals surface area (Å²) in [4.78, 5) is 12.6. The number of nitrogens with one attached hydrogen (secondary N) is 1. The molecule has 1 N–H and O–H groups in total. The monoisotopic (exact) mass is 559 g/mol. The second kappa shape index (κ2) is 12.7. The predicted molar refractivity (Wildman–Crippen MR) is 158 cm³/mol. The molecule has 0 saturated carbocycles. The molecule has 0 aliphatic carbocycles. The minimum Gasteiger partial charge on any atom is -0.497 e. The maximum Gasteiger partial charge on any atom is 0.250 e. The van der Waals surface area contributed by atoms with Gasteiger partial charge in [-0.05, 0) is 59.0 Å². The Morgan fingerprint density at radius 2 is 1.62 bits per heavy atom. The van der Waals surface area contributed by atoms with E-state index in [0.717, 1.165) is 22.6 Å². The molecule has 1 heterocycles. The molecule has 0 spiro atoms. The van der Waals surface area contributed by atoms with Gasteiger partial charge in [0.25, 0.3) is 5.91 Å². The van der Waals surface area contributed by atoms with Crippen molar-refractivity contribution in [3.63, 3.8) is 0 Å². The summed E-state index contributed by atoms with van der Waals surface area (Å²) in [6.07, 6.45) is 1.55. The number of hydrogen-bond donors (Lipinski definition) is 1. The maximum absolute atomic E-state index is 12.6. The summed E-state index contributed by atoms with van der Waals surface area (Å²) >= 11 is 1.28. The lowest BCUT2D eigenvalue weighted by molar-refractivity contribution is -0.118. The minimum absolute atomic E-state index is 0.0402. The van der Waals surface area contributed by atoms with Crippen LogP contribution in [-0.4, -0.2) is 54.0 Å². The third-order valence-electron chi connectivity index (χ3n) is 6.12. The van der Waals surface area contributed by atoms with Crippen molar-refractivity contribution in [2.45, 2.75) is 31.3 Å². The standard InChI is InChI=1S/C30H33N5O4S/c1-30(2,3)22-10-8-21(9-11-22)28-33-34-29(35(28)23-12-14-24(37-4)15-13-23)40-19-27(36)32-31-18-20-7-16-25(38-5)26(17-20)39-6/h7-18H,19H2,1-6H3,(H,32,36). The predicted octanol–water partition coefficient (Wildman–Crippen LogP) is 5.50. The van der Waals surface area contributed by atoms with Crippen molar-refractivity contribution in [1.29, 1.82) is 0 Å². The molecule has 9 nitrogen and oxygen atoms in total. The van der Waals surface area contributed by atoms with Gasteiger partial charge in [-0.2, -0.15) is 5.10 Å². The average molecular weight is 560 g/mol. The summed E-state index contributed by atoms with van der Waals surface area (Å²) in [5.74, 6) is 2.44. The third-order valence-corrected chi connectivity index (χ3v) is 7.04. The van der Waals surface area contributed by atoms with Crippen molar-refractivity contribution in [2.75, 3.05) is 27.1 Å². The quantitative estimate of drug-likeness (QED) is 0.156. The van der Waals surface area contributed by atoms with Gasteiger partial charge in [0.15, 0.2) is 22.5 Å². The molecule has 208 valence electrons. The van der Waals surface area contributed by atoms with E-state index < -0.39 is 0 Å². The number of carbonyl (C=O) groups is 1. The fourth-order valence-electron chi connectivity index (χ4n) is 3.91. The van der Waals surface area contributed by atoms with E-state index in [4.69, 9.17) is 14.2 Å². The average Bonchev–Trinajstić information content (AvgIpc) is 3.39. The van der Waals surface area contributed by atoms with Crippen molar-refractivity contribution < 1.29 is 19.0 Å². The van der Waals surface area contributed by atoms with Crippen LogP contribution in [-0.2, 0) is 10.2 Å². The lowest BCUT2D eigenvalue weighted by Gasteiger charge is -2.19.